The second kappa shape index (κ2) is 10.9. The van der Waals surface area contributed by atoms with Crippen LogP contribution in [0.5, 0.6) is 0 Å². The Labute approximate surface area is 234 Å². The fraction of sp³-hybridized carbons (Fsp3) is 0.310. The van der Waals surface area contributed by atoms with Crippen LogP contribution in [0.15, 0.2) is 59.7 Å². The van der Waals surface area contributed by atoms with Gasteiger partial charge in [0, 0.05) is 36.1 Å². The molecule has 0 fully saturated rings. The summed E-state index contributed by atoms with van der Waals surface area (Å²) in [6.45, 7) is 2.16. The first-order valence-corrected chi connectivity index (χ1v) is 14.7. The quantitative estimate of drug-likeness (QED) is 0.277. The van der Waals surface area contributed by atoms with E-state index in [0.717, 1.165) is 63.3 Å². The molecule has 1 unspecified atom stereocenters. The van der Waals surface area contributed by atoms with Crippen molar-refractivity contribution in [2.45, 2.75) is 25.8 Å². The Bertz CT molecular complexity index is 1690. The standard InChI is InChI=1S/C29H30N6O2S2/c1-34(2)12-13-35(16-18-6-4-3-5-7-18)28(36)19-8-10-21-23(14-19)38-27-25(21)26(30-17-31-27)32-20-9-11-22-24(15-20)39-29(37)33-22/h3-7,9,11,15,17,19H,8,10,12-14,16H2,1-2H3,(H,33,37)(H,30,31,32). The van der Waals surface area contributed by atoms with E-state index in [1.165, 1.54) is 21.8 Å². The molecule has 39 heavy (non-hydrogen) atoms. The Morgan fingerprint density at radius 1 is 1.10 bits per heavy atom. The van der Waals surface area contributed by atoms with E-state index in [4.69, 9.17) is 0 Å². The number of H-pyrrole nitrogens is 1. The molecule has 0 bridgehead atoms. The maximum absolute atomic E-state index is 13.8. The third-order valence-electron chi connectivity index (χ3n) is 7.22. The molecule has 6 rings (SSSR count). The lowest BCUT2D eigenvalue weighted by Gasteiger charge is -2.30. The van der Waals surface area contributed by atoms with Crippen molar-refractivity contribution < 1.29 is 4.79 Å². The van der Waals surface area contributed by atoms with Gasteiger partial charge in [0.15, 0.2) is 0 Å². The van der Waals surface area contributed by atoms with Crippen molar-refractivity contribution in [1.29, 1.82) is 0 Å². The summed E-state index contributed by atoms with van der Waals surface area (Å²) in [4.78, 5) is 43.8. The molecule has 0 aliphatic heterocycles. The van der Waals surface area contributed by atoms with Crippen LogP contribution < -0.4 is 10.2 Å². The number of carbonyl (C=O) groups excluding carboxylic acids is 1. The first kappa shape index (κ1) is 25.7. The molecule has 1 atom stereocenters. The number of likely N-dealkylation sites (N-methyl/N-ethyl adjacent to an activating group) is 1. The van der Waals surface area contributed by atoms with E-state index in [2.05, 4.69) is 37.3 Å². The summed E-state index contributed by atoms with van der Waals surface area (Å²) in [6, 6.07) is 16.1. The minimum atomic E-state index is -0.0633. The molecule has 2 aromatic carbocycles. The molecule has 3 heterocycles. The van der Waals surface area contributed by atoms with Crippen LogP contribution in [0.1, 0.15) is 22.4 Å². The highest BCUT2D eigenvalue weighted by atomic mass is 32.1. The van der Waals surface area contributed by atoms with Crippen molar-refractivity contribution in [2.75, 3.05) is 32.5 Å². The number of aromatic nitrogens is 3. The van der Waals surface area contributed by atoms with Crippen LogP contribution in [0, 0.1) is 5.92 Å². The Hall–Kier alpha value is -3.60. The molecule has 0 saturated heterocycles. The van der Waals surface area contributed by atoms with Gasteiger partial charge in [-0.15, -0.1) is 11.3 Å². The number of fused-ring (bicyclic) bond motifs is 4. The Morgan fingerprint density at radius 2 is 1.95 bits per heavy atom. The molecule has 0 spiro atoms. The Morgan fingerprint density at radius 3 is 2.77 bits per heavy atom. The number of hydrogen-bond donors (Lipinski definition) is 2. The van der Waals surface area contributed by atoms with Gasteiger partial charge in [-0.05, 0) is 62.7 Å². The summed E-state index contributed by atoms with van der Waals surface area (Å²) in [5, 5.41) is 4.50. The van der Waals surface area contributed by atoms with E-state index in [1.54, 1.807) is 17.7 Å². The van der Waals surface area contributed by atoms with Crippen LogP contribution in [-0.4, -0.2) is 57.8 Å². The molecule has 2 N–H and O–H groups in total. The van der Waals surface area contributed by atoms with Crippen LogP contribution >= 0.6 is 22.7 Å². The zero-order valence-corrected chi connectivity index (χ0v) is 23.6. The Kier molecular flexibility index (Phi) is 7.16. The van der Waals surface area contributed by atoms with Gasteiger partial charge in [-0.25, -0.2) is 9.97 Å². The highest BCUT2D eigenvalue weighted by molar-refractivity contribution is 7.19. The number of aromatic amines is 1. The molecule has 8 nitrogen and oxygen atoms in total. The number of thiazole rings is 1. The summed E-state index contributed by atoms with van der Waals surface area (Å²) in [5.74, 6) is 0.952. The maximum atomic E-state index is 13.8. The van der Waals surface area contributed by atoms with Crippen molar-refractivity contribution in [1.82, 2.24) is 24.8 Å². The zero-order chi connectivity index (χ0) is 26.9. The largest absolute Gasteiger partial charge is 0.340 e. The molecule has 0 radical (unpaired) electrons. The molecule has 1 aliphatic rings. The lowest BCUT2D eigenvalue weighted by atomic mass is 9.86. The number of amides is 1. The Balaban J connectivity index is 1.25. The fourth-order valence-corrected chi connectivity index (χ4v) is 7.27. The van der Waals surface area contributed by atoms with E-state index in [-0.39, 0.29) is 16.7 Å². The summed E-state index contributed by atoms with van der Waals surface area (Å²) < 4.78 is 0.901. The van der Waals surface area contributed by atoms with Crippen LogP contribution in [0.4, 0.5) is 11.5 Å². The van der Waals surface area contributed by atoms with Crippen LogP contribution in [0.3, 0.4) is 0 Å². The molecule has 0 saturated carbocycles. The van der Waals surface area contributed by atoms with Gasteiger partial charge < -0.3 is 20.1 Å². The highest BCUT2D eigenvalue weighted by Gasteiger charge is 2.31. The molecule has 3 aromatic heterocycles. The number of thiophene rings is 1. The molecule has 1 aliphatic carbocycles. The molecule has 10 heteroatoms. The van der Waals surface area contributed by atoms with Crippen LogP contribution in [0.25, 0.3) is 20.4 Å². The maximum Gasteiger partial charge on any atom is 0.305 e. The average Bonchev–Trinajstić information content (AvgIpc) is 3.50. The minimum Gasteiger partial charge on any atom is -0.340 e. The topological polar surface area (TPSA) is 94.2 Å². The smallest absolute Gasteiger partial charge is 0.305 e. The number of hydrogen-bond acceptors (Lipinski definition) is 8. The number of benzene rings is 2. The summed E-state index contributed by atoms with van der Waals surface area (Å²) in [6.07, 6.45) is 3.94. The fourth-order valence-electron chi connectivity index (χ4n) is 5.23. The van der Waals surface area contributed by atoms with E-state index >= 15 is 0 Å². The minimum absolute atomic E-state index is 0.0421. The summed E-state index contributed by atoms with van der Waals surface area (Å²) in [5.41, 5.74) is 4.11. The van der Waals surface area contributed by atoms with Gasteiger partial charge in [-0.1, -0.05) is 41.7 Å². The second-order valence-corrected chi connectivity index (χ2v) is 12.3. The lowest BCUT2D eigenvalue weighted by Crippen LogP contribution is -2.41. The monoisotopic (exact) mass is 558 g/mol. The van der Waals surface area contributed by atoms with Gasteiger partial charge in [0.05, 0.1) is 15.6 Å². The van der Waals surface area contributed by atoms with Crippen molar-refractivity contribution in [2.24, 2.45) is 5.92 Å². The van der Waals surface area contributed by atoms with Crippen molar-refractivity contribution in [3.05, 3.63) is 80.5 Å². The van der Waals surface area contributed by atoms with Gasteiger partial charge >= 0.3 is 4.87 Å². The lowest BCUT2D eigenvalue weighted by molar-refractivity contribution is -0.136. The zero-order valence-electron chi connectivity index (χ0n) is 21.9. The average molecular weight is 559 g/mol. The SMILES string of the molecule is CN(C)CCN(Cc1ccccc1)C(=O)C1CCc2c(sc3ncnc(Nc4ccc5[nH]c(=O)sc5c4)c23)C1. The number of carbonyl (C=O) groups is 1. The number of aryl methyl sites for hydroxylation is 1. The van der Waals surface area contributed by atoms with Gasteiger partial charge in [-0.3, -0.25) is 9.59 Å². The second-order valence-electron chi connectivity index (χ2n) is 10.2. The van der Waals surface area contributed by atoms with Gasteiger partial charge in [-0.2, -0.15) is 0 Å². The normalized spacial score (nSPS) is 15.1. The summed E-state index contributed by atoms with van der Waals surface area (Å²) >= 11 is 2.87. The molecular weight excluding hydrogens is 528 g/mol. The number of nitrogens with zero attached hydrogens (tertiary/aromatic N) is 4. The first-order chi connectivity index (χ1) is 18.9. The van der Waals surface area contributed by atoms with E-state index < -0.39 is 0 Å². The number of anilines is 2. The first-order valence-electron chi connectivity index (χ1n) is 13.1. The predicted octanol–water partition coefficient (Wildman–Crippen LogP) is 5.03. The molecule has 200 valence electrons. The third-order valence-corrected chi connectivity index (χ3v) is 9.23. The van der Waals surface area contributed by atoms with Gasteiger partial charge in [0.1, 0.15) is 17.0 Å². The third kappa shape index (κ3) is 5.45. The predicted molar refractivity (Wildman–Crippen MR) is 159 cm³/mol. The van der Waals surface area contributed by atoms with Gasteiger partial charge in [0.2, 0.25) is 5.91 Å². The molecular formula is C29H30N6O2S2. The summed E-state index contributed by atoms with van der Waals surface area (Å²) in [7, 11) is 4.08. The van der Waals surface area contributed by atoms with Crippen molar-refractivity contribution in [3.8, 4) is 0 Å². The van der Waals surface area contributed by atoms with Gasteiger partial charge in [0.25, 0.3) is 0 Å². The van der Waals surface area contributed by atoms with Crippen LogP contribution in [-0.2, 0) is 24.2 Å². The van der Waals surface area contributed by atoms with Crippen molar-refractivity contribution >= 4 is 60.5 Å². The van der Waals surface area contributed by atoms with Crippen molar-refractivity contribution in [3.63, 3.8) is 0 Å². The van der Waals surface area contributed by atoms with E-state index in [1.807, 2.05) is 55.4 Å². The van der Waals surface area contributed by atoms with E-state index in [9.17, 15) is 9.59 Å². The number of nitrogens with one attached hydrogen (secondary N) is 2. The molecule has 5 aromatic rings. The number of rotatable bonds is 8. The van der Waals surface area contributed by atoms with Crippen LogP contribution in [0.2, 0.25) is 0 Å². The molecule has 1 amide bonds. The highest BCUT2D eigenvalue weighted by Crippen LogP contribution is 2.41. The van der Waals surface area contributed by atoms with E-state index in [0.29, 0.717) is 13.1 Å².